The summed E-state index contributed by atoms with van der Waals surface area (Å²) in [6.45, 7) is 3.58. The van der Waals surface area contributed by atoms with E-state index in [4.69, 9.17) is 16.7 Å². The number of anilines is 1. The number of thiocarbonyl (C=S) groups is 1. The first-order valence-electron chi connectivity index (χ1n) is 10.9. The van der Waals surface area contributed by atoms with Crippen LogP contribution in [-0.4, -0.2) is 37.8 Å². The predicted molar refractivity (Wildman–Crippen MR) is 136 cm³/mol. The molecule has 0 spiro atoms. The van der Waals surface area contributed by atoms with Gasteiger partial charge in [0.25, 0.3) is 0 Å². The van der Waals surface area contributed by atoms with Gasteiger partial charge in [0, 0.05) is 5.39 Å². The Hall–Kier alpha value is -4.52. The fourth-order valence-electron chi connectivity index (χ4n) is 3.76. The molecule has 37 heavy (non-hydrogen) atoms. The number of halogens is 3. The fraction of sp³-hybridized carbons (Fsp3) is 0.125. The van der Waals surface area contributed by atoms with Crippen molar-refractivity contribution < 1.29 is 22.4 Å². The average molecular weight is 526 g/mol. The van der Waals surface area contributed by atoms with Gasteiger partial charge in [-0.15, -0.1) is 18.3 Å². The third-order valence-electron chi connectivity index (χ3n) is 5.42. The molecule has 2 N–H and O–H groups in total. The maximum Gasteiger partial charge on any atom is 0.573 e. The highest BCUT2D eigenvalue weighted by atomic mass is 32.1. The summed E-state index contributed by atoms with van der Waals surface area (Å²) in [6, 6.07) is 14.9. The van der Waals surface area contributed by atoms with E-state index in [1.807, 2.05) is 30.3 Å². The van der Waals surface area contributed by atoms with Gasteiger partial charge in [-0.3, -0.25) is 5.43 Å². The first kappa shape index (κ1) is 24.2. The molecule has 0 fully saturated rings. The summed E-state index contributed by atoms with van der Waals surface area (Å²) in [7, 11) is 0. The van der Waals surface area contributed by atoms with Crippen molar-refractivity contribution in [2.24, 2.45) is 5.10 Å². The van der Waals surface area contributed by atoms with E-state index < -0.39 is 6.36 Å². The molecule has 0 atom stereocenters. The van der Waals surface area contributed by atoms with Crippen molar-refractivity contribution in [3.8, 4) is 11.4 Å². The minimum absolute atomic E-state index is 0.294. The summed E-state index contributed by atoms with van der Waals surface area (Å²) in [6.07, 6.45) is -3.12. The van der Waals surface area contributed by atoms with Gasteiger partial charge in [-0.2, -0.15) is 5.10 Å². The van der Waals surface area contributed by atoms with Gasteiger partial charge in [-0.25, -0.2) is 4.68 Å². The van der Waals surface area contributed by atoms with Crippen LogP contribution in [0.4, 0.5) is 18.9 Å². The monoisotopic (exact) mass is 525 g/mol. The average Bonchev–Trinajstić information content (AvgIpc) is 3.42. The van der Waals surface area contributed by atoms with Gasteiger partial charge in [-0.1, -0.05) is 28.6 Å². The van der Waals surface area contributed by atoms with E-state index in [-0.39, 0.29) is 5.75 Å². The fourth-order valence-corrected chi connectivity index (χ4v) is 3.92. The molecule has 0 aliphatic rings. The molecule has 5 rings (SSSR count). The van der Waals surface area contributed by atoms with Crippen molar-refractivity contribution in [1.29, 1.82) is 0 Å². The van der Waals surface area contributed by atoms with Crippen molar-refractivity contribution in [1.82, 2.24) is 25.6 Å². The number of rotatable bonds is 5. The summed E-state index contributed by atoms with van der Waals surface area (Å²) in [4.78, 5) is 0. The Morgan fingerprint density at radius 3 is 2.59 bits per heavy atom. The lowest BCUT2D eigenvalue weighted by Gasteiger charge is -2.09. The summed E-state index contributed by atoms with van der Waals surface area (Å²) >= 11 is 5.26. The second-order valence-corrected chi connectivity index (χ2v) is 8.39. The maximum absolute atomic E-state index is 12.4. The summed E-state index contributed by atoms with van der Waals surface area (Å²) < 4.78 is 47.9. The molecule has 5 aromatic rings. The Bertz CT molecular complexity index is 1620. The van der Waals surface area contributed by atoms with Crippen LogP contribution in [0.15, 0.2) is 64.2 Å². The van der Waals surface area contributed by atoms with Gasteiger partial charge in [0.15, 0.2) is 10.9 Å². The van der Waals surface area contributed by atoms with Gasteiger partial charge in [-0.05, 0) is 73.4 Å². The third-order valence-corrected chi connectivity index (χ3v) is 5.62. The molecule has 0 unspecified atom stereocenters. The van der Waals surface area contributed by atoms with Crippen molar-refractivity contribution in [3.05, 3.63) is 71.6 Å². The Kier molecular flexibility index (Phi) is 6.21. The van der Waals surface area contributed by atoms with E-state index in [9.17, 15) is 13.2 Å². The Labute approximate surface area is 212 Å². The number of hydrazone groups is 1. The van der Waals surface area contributed by atoms with Crippen LogP contribution < -0.4 is 15.5 Å². The lowest BCUT2D eigenvalue weighted by atomic mass is 10.1. The molecular formula is C24H18F3N7O2S. The number of fused-ring (bicyclic) bond motifs is 3. The quantitative estimate of drug-likeness (QED) is 0.179. The summed E-state index contributed by atoms with van der Waals surface area (Å²) in [5.41, 5.74) is 6.88. The Balaban J connectivity index is 1.33. The standard InChI is InChI=1S/C24H18F3N7O2S/c1-13-21(14(2)36-32-13)29-23(37)31-28-12-15-3-9-19-16(11-15)4-10-20-22(19)30-33-34(20)17-5-7-18(8-6-17)35-24(25,26)27/h3-12H,1-2H3,(H2,29,31,37)/b28-12+. The molecule has 0 saturated heterocycles. The van der Waals surface area contributed by atoms with E-state index >= 15 is 0 Å². The largest absolute Gasteiger partial charge is 0.573 e. The third kappa shape index (κ3) is 5.21. The Morgan fingerprint density at radius 2 is 1.89 bits per heavy atom. The number of nitrogens with one attached hydrogen (secondary N) is 2. The van der Waals surface area contributed by atoms with Crippen LogP contribution in [0.5, 0.6) is 5.75 Å². The van der Waals surface area contributed by atoms with E-state index in [0.717, 1.165) is 16.3 Å². The zero-order valence-corrected chi connectivity index (χ0v) is 20.2. The van der Waals surface area contributed by atoms with Crippen LogP contribution in [0, 0.1) is 13.8 Å². The van der Waals surface area contributed by atoms with Gasteiger partial charge >= 0.3 is 6.36 Å². The molecule has 0 saturated carbocycles. The molecule has 13 heteroatoms. The molecule has 188 valence electrons. The van der Waals surface area contributed by atoms with Crippen LogP contribution in [-0.2, 0) is 0 Å². The minimum atomic E-state index is -4.75. The van der Waals surface area contributed by atoms with Crippen LogP contribution in [0.25, 0.3) is 27.5 Å². The highest BCUT2D eigenvalue weighted by Crippen LogP contribution is 2.28. The van der Waals surface area contributed by atoms with Gasteiger partial charge < -0.3 is 14.6 Å². The summed E-state index contributed by atoms with van der Waals surface area (Å²) in [5.74, 6) is 0.311. The first-order valence-corrected chi connectivity index (χ1v) is 11.3. The summed E-state index contributed by atoms with van der Waals surface area (Å²) in [5, 5.41) is 21.6. The number of nitrogens with zero attached hydrogens (tertiary/aromatic N) is 5. The molecule has 2 aromatic heterocycles. The molecule has 9 nitrogen and oxygen atoms in total. The number of hydrogen-bond donors (Lipinski definition) is 2. The van der Waals surface area contributed by atoms with Gasteiger partial charge in [0.05, 0.1) is 17.4 Å². The van der Waals surface area contributed by atoms with Crippen LogP contribution in [0.1, 0.15) is 17.0 Å². The zero-order valence-electron chi connectivity index (χ0n) is 19.4. The molecule has 3 aromatic carbocycles. The molecule has 0 radical (unpaired) electrons. The second kappa shape index (κ2) is 9.50. The van der Waals surface area contributed by atoms with Crippen molar-refractivity contribution in [3.63, 3.8) is 0 Å². The van der Waals surface area contributed by atoms with Crippen molar-refractivity contribution >= 4 is 51.0 Å². The van der Waals surface area contributed by atoms with Gasteiger partial charge in [0.2, 0.25) is 0 Å². The molecular weight excluding hydrogens is 507 g/mol. The second-order valence-electron chi connectivity index (χ2n) is 7.98. The predicted octanol–water partition coefficient (Wildman–Crippen LogP) is 5.40. The molecule has 0 bridgehead atoms. The lowest BCUT2D eigenvalue weighted by Crippen LogP contribution is -2.24. The SMILES string of the molecule is Cc1noc(C)c1NC(=S)N/N=C/c1ccc2c(ccc3c2nnn3-c2ccc(OC(F)(F)F)cc2)c1. The normalized spacial score (nSPS) is 11.9. The number of aryl methyl sites for hydroxylation is 2. The molecule has 2 heterocycles. The minimum Gasteiger partial charge on any atom is -0.406 e. The zero-order chi connectivity index (χ0) is 26.2. The smallest absolute Gasteiger partial charge is 0.406 e. The van der Waals surface area contributed by atoms with E-state index in [1.54, 1.807) is 24.7 Å². The lowest BCUT2D eigenvalue weighted by molar-refractivity contribution is -0.274. The highest BCUT2D eigenvalue weighted by molar-refractivity contribution is 7.80. The van der Waals surface area contributed by atoms with Crippen LogP contribution >= 0.6 is 12.2 Å². The van der Waals surface area contributed by atoms with Crippen LogP contribution in [0.2, 0.25) is 0 Å². The number of aromatic nitrogens is 4. The van der Waals surface area contributed by atoms with Gasteiger partial charge in [0.1, 0.15) is 22.6 Å². The molecule has 0 aliphatic carbocycles. The number of ether oxygens (including phenoxy) is 1. The molecule has 0 amide bonds. The number of hydrogen-bond acceptors (Lipinski definition) is 7. The van der Waals surface area contributed by atoms with E-state index in [2.05, 4.69) is 36.0 Å². The topological polar surface area (TPSA) is 102 Å². The first-order chi connectivity index (χ1) is 17.7. The highest BCUT2D eigenvalue weighted by Gasteiger charge is 2.31. The number of benzene rings is 3. The van der Waals surface area contributed by atoms with Crippen molar-refractivity contribution in [2.45, 2.75) is 20.2 Å². The van der Waals surface area contributed by atoms with Crippen molar-refractivity contribution in [2.75, 3.05) is 5.32 Å². The van der Waals surface area contributed by atoms with Crippen LogP contribution in [0.3, 0.4) is 0 Å². The van der Waals surface area contributed by atoms with E-state index in [0.29, 0.717) is 39.0 Å². The van der Waals surface area contributed by atoms with E-state index in [1.165, 1.54) is 24.3 Å². The molecule has 0 aliphatic heterocycles. The maximum atomic E-state index is 12.4. The Morgan fingerprint density at radius 1 is 1.11 bits per heavy atom. The number of alkyl halides is 3.